The van der Waals surface area contributed by atoms with Gasteiger partial charge in [0, 0.05) is 21.7 Å². The van der Waals surface area contributed by atoms with E-state index in [-0.39, 0.29) is 17.0 Å². The van der Waals surface area contributed by atoms with Crippen molar-refractivity contribution in [2.45, 2.75) is 17.6 Å². The second-order valence-corrected chi connectivity index (χ2v) is 5.89. The van der Waals surface area contributed by atoms with E-state index in [0.29, 0.717) is 10.8 Å². The Bertz CT molecular complexity index is 686. The van der Waals surface area contributed by atoms with Gasteiger partial charge in [0.25, 0.3) is 5.69 Å². The fourth-order valence-corrected chi connectivity index (χ4v) is 2.81. The van der Waals surface area contributed by atoms with Gasteiger partial charge in [-0.2, -0.15) is 0 Å². The van der Waals surface area contributed by atoms with E-state index in [1.165, 1.54) is 30.8 Å². The van der Waals surface area contributed by atoms with Crippen LogP contribution < -0.4 is 0 Å². The third-order valence-electron chi connectivity index (χ3n) is 2.86. The molecule has 4 nitrogen and oxygen atoms in total. The molecule has 0 fully saturated rings. The number of thioether (sulfide) groups is 1. The van der Waals surface area contributed by atoms with Crippen molar-refractivity contribution in [3.8, 4) is 0 Å². The van der Waals surface area contributed by atoms with Crippen LogP contribution in [-0.4, -0.2) is 10.7 Å². The first-order chi connectivity index (χ1) is 9.97. The maximum atomic E-state index is 11.4. The molecule has 108 valence electrons. The summed E-state index contributed by atoms with van der Waals surface area (Å²) in [5.74, 6) is 0.365. The van der Waals surface area contributed by atoms with Crippen LogP contribution in [0.1, 0.15) is 22.8 Å². The van der Waals surface area contributed by atoms with Crippen LogP contribution in [0.15, 0.2) is 47.4 Å². The molecule has 2 aromatic carbocycles. The van der Waals surface area contributed by atoms with Gasteiger partial charge in [0.2, 0.25) is 0 Å². The second kappa shape index (κ2) is 6.74. The SMILES string of the molecule is CC(=O)c1ccc(SCc2ccc(Cl)cc2)cc1[N+](=O)[O-]. The Hall–Kier alpha value is -1.85. The fourth-order valence-electron chi connectivity index (χ4n) is 1.80. The van der Waals surface area contributed by atoms with Crippen LogP contribution in [0.3, 0.4) is 0 Å². The number of hydrogen-bond donors (Lipinski definition) is 0. The van der Waals surface area contributed by atoms with Crippen LogP contribution in [0.5, 0.6) is 0 Å². The maximum absolute atomic E-state index is 11.4. The predicted molar refractivity (Wildman–Crippen MR) is 84.1 cm³/mol. The minimum absolute atomic E-state index is 0.135. The van der Waals surface area contributed by atoms with Gasteiger partial charge in [-0.05, 0) is 36.8 Å². The molecule has 0 aliphatic rings. The molecule has 0 unspecified atom stereocenters. The van der Waals surface area contributed by atoms with Crippen molar-refractivity contribution in [2.75, 3.05) is 0 Å². The van der Waals surface area contributed by atoms with Gasteiger partial charge in [0.15, 0.2) is 5.78 Å². The zero-order chi connectivity index (χ0) is 15.4. The summed E-state index contributed by atoms with van der Waals surface area (Å²) in [5, 5.41) is 11.7. The number of ketones is 1. The Kier molecular flexibility index (Phi) is 4.98. The van der Waals surface area contributed by atoms with E-state index >= 15 is 0 Å². The summed E-state index contributed by atoms with van der Waals surface area (Å²) in [6.07, 6.45) is 0. The van der Waals surface area contributed by atoms with E-state index in [2.05, 4.69) is 0 Å². The minimum atomic E-state index is -0.525. The smallest absolute Gasteiger partial charge is 0.281 e. The number of benzene rings is 2. The van der Waals surface area contributed by atoms with E-state index < -0.39 is 4.92 Å². The monoisotopic (exact) mass is 321 g/mol. The molecule has 0 saturated carbocycles. The Balaban J connectivity index is 2.17. The van der Waals surface area contributed by atoms with Gasteiger partial charge in [-0.3, -0.25) is 14.9 Å². The largest absolute Gasteiger partial charge is 0.294 e. The number of nitro groups is 1. The molecule has 0 aliphatic heterocycles. The number of Topliss-reactive ketones (excluding diaryl/α,β-unsaturated/α-hetero) is 1. The van der Waals surface area contributed by atoms with E-state index in [1.807, 2.05) is 12.1 Å². The Morgan fingerprint density at radius 1 is 1.24 bits per heavy atom. The van der Waals surface area contributed by atoms with E-state index in [0.717, 1.165) is 10.5 Å². The van der Waals surface area contributed by atoms with Crippen LogP contribution >= 0.6 is 23.4 Å². The highest BCUT2D eigenvalue weighted by Gasteiger charge is 2.17. The molecule has 0 aliphatic carbocycles. The molecule has 0 aromatic heterocycles. The molecule has 0 atom stereocenters. The third kappa shape index (κ3) is 4.06. The van der Waals surface area contributed by atoms with Gasteiger partial charge in [-0.15, -0.1) is 11.8 Å². The maximum Gasteiger partial charge on any atom is 0.281 e. The lowest BCUT2D eigenvalue weighted by molar-refractivity contribution is -0.385. The van der Waals surface area contributed by atoms with Gasteiger partial charge in [-0.1, -0.05) is 23.7 Å². The van der Waals surface area contributed by atoms with Crippen LogP contribution in [0, 0.1) is 10.1 Å². The van der Waals surface area contributed by atoms with Crippen LogP contribution in [0.25, 0.3) is 0 Å². The molecule has 0 bridgehead atoms. The standard InChI is InChI=1S/C15H12ClNO3S/c1-10(18)14-7-6-13(8-15(14)17(19)20)21-9-11-2-4-12(16)5-3-11/h2-8H,9H2,1H3. The highest BCUT2D eigenvalue weighted by molar-refractivity contribution is 7.98. The number of carbonyl (C=O) groups excluding carboxylic acids is 1. The molecular weight excluding hydrogens is 310 g/mol. The van der Waals surface area contributed by atoms with Gasteiger partial charge >= 0.3 is 0 Å². The highest BCUT2D eigenvalue weighted by Crippen LogP contribution is 2.29. The van der Waals surface area contributed by atoms with Crippen LogP contribution in [0.4, 0.5) is 5.69 Å². The number of nitrogens with zero attached hydrogens (tertiary/aromatic N) is 1. The van der Waals surface area contributed by atoms with Crippen LogP contribution in [0.2, 0.25) is 5.02 Å². The van der Waals surface area contributed by atoms with Crippen molar-refractivity contribution in [2.24, 2.45) is 0 Å². The predicted octanol–water partition coefficient (Wildman–Crippen LogP) is 4.74. The summed E-state index contributed by atoms with van der Waals surface area (Å²) in [5.41, 5.74) is 1.06. The molecule has 0 spiro atoms. The van der Waals surface area contributed by atoms with Crippen LogP contribution in [-0.2, 0) is 5.75 Å². The summed E-state index contributed by atoms with van der Waals surface area (Å²) >= 11 is 7.29. The highest BCUT2D eigenvalue weighted by atomic mass is 35.5. The van der Waals surface area contributed by atoms with Crippen molar-refractivity contribution >= 4 is 34.8 Å². The molecule has 0 N–H and O–H groups in total. The van der Waals surface area contributed by atoms with Crippen molar-refractivity contribution in [3.05, 3.63) is 68.7 Å². The van der Waals surface area contributed by atoms with Gasteiger partial charge in [0.05, 0.1) is 10.5 Å². The van der Waals surface area contributed by atoms with Gasteiger partial charge in [-0.25, -0.2) is 0 Å². The Morgan fingerprint density at radius 3 is 2.48 bits per heavy atom. The summed E-state index contributed by atoms with van der Waals surface area (Å²) < 4.78 is 0. The van der Waals surface area contributed by atoms with Crippen molar-refractivity contribution in [3.63, 3.8) is 0 Å². The average Bonchev–Trinajstić information content (AvgIpc) is 2.46. The topological polar surface area (TPSA) is 60.2 Å². The zero-order valence-corrected chi connectivity index (χ0v) is 12.8. The number of rotatable bonds is 5. The molecule has 0 radical (unpaired) electrons. The summed E-state index contributed by atoms with van der Waals surface area (Å²) in [4.78, 5) is 22.6. The lowest BCUT2D eigenvalue weighted by atomic mass is 10.1. The molecule has 6 heteroatoms. The molecule has 0 saturated heterocycles. The lowest BCUT2D eigenvalue weighted by Gasteiger charge is -2.04. The fraction of sp³-hybridized carbons (Fsp3) is 0.133. The number of carbonyl (C=O) groups is 1. The molecule has 21 heavy (non-hydrogen) atoms. The van der Waals surface area contributed by atoms with E-state index in [9.17, 15) is 14.9 Å². The quantitative estimate of drug-likeness (QED) is 0.345. The van der Waals surface area contributed by atoms with Crippen molar-refractivity contribution in [1.29, 1.82) is 0 Å². The molecule has 0 amide bonds. The van der Waals surface area contributed by atoms with Crippen molar-refractivity contribution < 1.29 is 9.72 Å². The number of halogens is 1. The van der Waals surface area contributed by atoms with Crippen molar-refractivity contribution in [1.82, 2.24) is 0 Å². The Morgan fingerprint density at radius 2 is 1.90 bits per heavy atom. The van der Waals surface area contributed by atoms with Gasteiger partial charge < -0.3 is 0 Å². The van der Waals surface area contributed by atoms with E-state index in [4.69, 9.17) is 11.6 Å². The first kappa shape index (κ1) is 15.5. The molecule has 0 heterocycles. The molecule has 2 rings (SSSR count). The first-order valence-corrected chi connectivity index (χ1v) is 7.50. The number of nitro benzene ring substituents is 1. The lowest BCUT2D eigenvalue weighted by Crippen LogP contribution is -2.00. The molecule has 2 aromatic rings. The Labute approximate surface area is 131 Å². The van der Waals surface area contributed by atoms with Gasteiger partial charge in [0.1, 0.15) is 0 Å². The first-order valence-electron chi connectivity index (χ1n) is 6.14. The molecular formula is C15H12ClNO3S. The zero-order valence-electron chi connectivity index (χ0n) is 11.2. The van der Waals surface area contributed by atoms with E-state index in [1.54, 1.807) is 18.2 Å². The second-order valence-electron chi connectivity index (χ2n) is 4.41. The summed E-state index contributed by atoms with van der Waals surface area (Å²) in [6.45, 7) is 1.32. The summed E-state index contributed by atoms with van der Waals surface area (Å²) in [6, 6.07) is 12.1. The minimum Gasteiger partial charge on any atom is -0.294 e. The average molecular weight is 322 g/mol. The summed E-state index contributed by atoms with van der Waals surface area (Å²) in [7, 11) is 0. The third-order valence-corrected chi connectivity index (χ3v) is 4.18. The number of hydrogen-bond acceptors (Lipinski definition) is 4. The normalized spacial score (nSPS) is 10.4.